The lowest BCUT2D eigenvalue weighted by Crippen LogP contribution is -2.35. The number of nitrogens with zero attached hydrogens (tertiary/aromatic N) is 1. The Balaban J connectivity index is 2.43. The van der Waals surface area contributed by atoms with E-state index in [9.17, 15) is 9.59 Å². The summed E-state index contributed by atoms with van der Waals surface area (Å²) in [6, 6.07) is 0. The van der Waals surface area contributed by atoms with Gasteiger partial charge in [0.05, 0.1) is 12.5 Å². The number of Topliss-reactive ketones (excluding diaryl/α,β-unsaturated/α-hetero) is 1. The van der Waals surface area contributed by atoms with Crippen molar-refractivity contribution >= 4 is 11.8 Å². The highest BCUT2D eigenvalue weighted by Crippen LogP contribution is 2.20. The summed E-state index contributed by atoms with van der Waals surface area (Å²) in [6.07, 6.45) is 0.659. The first-order chi connectivity index (χ1) is 6.80. The van der Waals surface area contributed by atoms with Gasteiger partial charge >= 0.3 is 5.97 Å². The second-order valence-electron chi connectivity index (χ2n) is 5.23. The Morgan fingerprint density at radius 3 is 2.40 bits per heavy atom. The molecule has 0 radical (unpaired) electrons. The zero-order valence-corrected chi connectivity index (χ0v) is 9.62. The number of carbonyl (C=O) groups is 2. The van der Waals surface area contributed by atoms with Gasteiger partial charge in [-0.3, -0.25) is 14.5 Å². The molecule has 0 spiro atoms. The van der Waals surface area contributed by atoms with E-state index in [1.807, 2.05) is 25.7 Å². The van der Waals surface area contributed by atoms with Crippen molar-refractivity contribution in [2.45, 2.75) is 27.2 Å². The van der Waals surface area contributed by atoms with E-state index in [1.54, 1.807) is 0 Å². The number of hydrogen-bond acceptors (Lipinski definition) is 3. The summed E-state index contributed by atoms with van der Waals surface area (Å²) in [5, 5.41) is 8.81. The van der Waals surface area contributed by atoms with Crippen molar-refractivity contribution in [2.75, 3.05) is 19.6 Å². The predicted octanol–water partition coefficient (Wildman–Crippen LogP) is 1.01. The van der Waals surface area contributed by atoms with Crippen LogP contribution in [0.5, 0.6) is 0 Å². The van der Waals surface area contributed by atoms with Gasteiger partial charge in [-0.15, -0.1) is 0 Å². The van der Waals surface area contributed by atoms with Crippen LogP contribution in [-0.2, 0) is 9.59 Å². The average Bonchev–Trinajstić information content (AvgIpc) is 2.50. The standard InChI is InChI=1S/C11H19NO3/c1-11(2,3)9(13)7-12-5-4-8(6-12)10(14)15/h8H,4-7H2,1-3H3,(H,14,15)/t8-/m0/s1. The molecule has 0 amide bonds. The highest BCUT2D eigenvalue weighted by Gasteiger charge is 2.31. The molecular formula is C11H19NO3. The third kappa shape index (κ3) is 3.30. The van der Waals surface area contributed by atoms with Gasteiger partial charge < -0.3 is 5.11 Å². The molecule has 4 nitrogen and oxygen atoms in total. The zero-order chi connectivity index (χ0) is 11.6. The monoisotopic (exact) mass is 213 g/mol. The lowest BCUT2D eigenvalue weighted by Gasteiger charge is -2.21. The molecule has 4 heteroatoms. The van der Waals surface area contributed by atoms with Crippen molar-refractivity contribution in [1.29, 1.82) is 0 Å². The molecule has 0 unspecified atom stereocenters. The Labute approximate surface area is 90.3 Å². The zero-order valence-electron chi connectivity index (χ0n) is 9.62. The Bertz CT molecular complexity index is 267. The number of aliphatic carboxylic acids is 1. The van der Waals surface area contributed by atoms with Gasteiger partial charge in [-0.2, -0.15) is 0 Å². The smallest absolute Gasteiger partial charge is 0.307 e. The van der Waals surface area contributed by atoms with Crippen LogP contribution in [0.3, 0.4) is 0 Å². The Hall–Kier alpha value is -0.900. The molecule has 86 valence electrons. The molecule has 1 rings (SSSR count). The maximum absolute atomic E-state index is 11.7. The first-order valence-corrected chi connectivity index (χ1v) is 5.29. The quantitative estimate of drug-likeness (QED) is 0.760. The van der Waals surface area contributed by atoms with Crippen molar-refractivity contribution < 1.29 is 14.7 Å². The van der Waals surface area contributed by atoms with Gasteiger partial charge in [-0.1, -0.05) is 20.8 Å². The minimum absolute atomic E-state index is 0.175. The third-order valence-electron chi connectivity index (χ3n) is 2.83. The Morgan fingerprint density at radius 1 is 1.40 bits per heavy atom. The first-order valence-electron chi connectivity index (χ1n) is 5.29. The maximum Gasteiger partial charge on any atom is 0.307 e. The first kappa shape index (κ1) is 12.2. The van der Waals surface area contributed by atoms with Crippen LogP contribution >= 0.6 is 0 Å². The van der Waals surface area contributed by atoms with Gasteiger partial charge in [0.1, 0.15) is 0 Å². The van der Waals surface area contributed by atoms with E-state index in [0.717, 1.165) is 6.54 Å². The van der Waals surface area contributed by atoms with Crippen molar-refractivity contribution in [2.24, 2.45) is 11.3 Å². The number of carboxylic acids is 1. The lowest BCUT2D eigenvalue weighted by molar-refractivity contribution is -0.141. The summed E-state index contributed by atoms with van der Waals surface area (Å²) in [5.41, 5.74) is -0.332. The second-order valence-corrected chi connectivity index (χ2v) is 5.23. The molecular weight excluding hydrogens is 194 g/mol. The van der Waals surface area contributed by atoms with E-state index < -0.39 is 5.97 Å². The van der Waals surface area contributed by atoms with E-state index >= 15 is 0 Å². The fourth-order valence-corrected chi connectivity index (χ4v) is 1.62. The number of rotatable bonds is 3. The molecule has 15 heavy (non-hydrogen) atoms. The van der Waals surface area contributed by atoms with Gasteiger partial charge in [-0.25, -0.2) is 0 Å². The van der Waals surface area contributed by atoms with Crippen LogP contribution in [0.15, 0.2) is 0 Å². The maximum atomic E-state index is 11.7. The van der Waals surface area contributed by atoms with E-state index in [4.69, 9.17) is 5.11 Å². The predicted molar refractivity (Wildman–Crippen MR) is 56.6 cm³/mol. The van der Waals surface area contributed by atoms with Crippen LogP contribution < -0.4 is 0 Å². The minimum Gasteiger partial charge on any atom is -0.481 e. The van der Waals surface area contributed by atoms with Crippen LogP contribution in [-0.4, -0.2) is 41.4 Å². The summed E-state index contributed by atoms with van der Waals surface area (Å²) >= 11 is 0. The van der Waals surface area contributed by atoms with Crippen molar-refractivity contribution in [3.63, 3.8) is 0 Å². The molecule has 1 fully saturated rings. The fourth-order valence-electron chi connectivity index (χ4n) is 1.62. The van der Waals surface area contributed by atoms with E-state index in [0.29, 0.717) is 19.5 Å². The Morgan fingerprint density at radius 2 is 2.00 bits per heavy atom. The molecule has 0 aromatic carbocycles. The highest BCUT2D eigenvalue weighted by molar-refractivity contribution is 5.85. The number of carboxylic acid groups (broad SMARTS) is 1. The molecule has 0 bridgehead atoms. The number of likely N-dealkylation sites (tertiary alicyclic amines) is 1. The minimum atomic E-state index is -0.749. The van der Waals surface area contributed by atoms with Crippen LogP contribution in [0.2, 0.25) is 0 Å². The number of carbonyl (C=O) groups excluding carboxylic acids is 1. The molecule has 1 aliphatic rings. The normalized spacial score (nSPS) is 23.0. The average molecular weight is 213 g/mol. The lowest BCUT2D eigenvalue weighted by atomic mass is 9.90. The summed E-state index contributed by atoms with van der Waals surface area (Å²) in [6.45, 7) is 7.28. The van der Waals surface area contributed by atoms with E-state index in [1.165, 1.54) is 0 Å². The van der Waals surface area contributed by atoms with Gasteiger partial charge in [0.25, 0.3) is 0 Å². The molecule has 1 heterocycles. The van der Waals surface area contributed by atoms with Crippen LogP contribution in [0, 0.1) is 11.3 Å². The molecule has 0 aliphatic carbocycles. The molecule has 1 atom stereocenters. The Kier molecular flexibility index (Phi) is 3.50. The largest absolute Gasteiger partial charge is 0.481 e. The molecule has 0 aromatic heterocycles. The number of hydrogen-bond donors (Lipinski definition) is 1. The van der Waals surface area contributed by atoms with E-state index in [2.05, 4.69) is 0 Å². The van der Waals surface area contributed by atoms with Gasteiger partial charge in [0.2, 0.25) is 0 Å². The third-order valence-corrected chi connectivity index (χ3v) is 2.83. The summed E-state index contributed by atoms with van der Waals surface area (Å²) in [4.78, 5) is 24.4. The van der Waals surface area contributed by atoms with Crippen LogP contribution in [0.25, 0.3) is 0 Å². The van der Waals surface area contributed by atoms with Crippen molar-refractivity contribution in [1.82, 2.24) is 4.90 Å². The summed E-state index contributed by atoms with van der Waals surface area (Å²) in [5.74, 6) is -0.869. The highest BCUT2D eigenvalue weighted by atomic mass is 16.4. The van der Waals surface area contributed by atoms with Crippen molar-refractivity contribution in [3.05, 3.63) is 0 Å². The van der Waals surface area contributed by atoms with Crippen LogP contribution in [0.4, 0.5) is 0 Å². The number of ketones is 1. The molecule has 1 saturated heterocycles. The molecule has 0 aromatic rings. The van der Waals surface area contributed by atoms with Crippen LogP contribution in [0.1, 0.15) is 27.2 Å². The summed E-state index contributed by atoms with van der Waals surface area (Å²) < 4.78 is 0. The molecule has 1 aliphatic heterocycles. The topological polar surface area (TPSA) is 57.6 Å². The molecule has 1 N–H and O–H groups in total. The van der Waals surface area contributed by atoms with E-state index in [-0.39, 0.29) is 17.1 Å². The van der Waals surface area contributed by atoms with Crippen molar-refractivity contribution in [3.8, 4) is 0 Å². The molecule has 0 saturated carbocycles. The van der Waals surface area contributed by atoms with Gasteiger partial charge in [0.15, 0.2) is 5.78 Å². The fraction of sp³-hybridized carbons (Fsp3) is 0.818. The van der Waals surface area contributed by atoms with Gasteiger partial charge in [0, 0.05) is 12.0 Å². The second kappa shape index (κ2) is 4.31. The summed E-state index contributed by atoms with van der Waals surface area (Å²) in [7, 11) is 0. The SMILES string of the molecule is CC(C)(C)C(=O)CN1CC[C@H](C(=O)O)C1. The van der Waals surface area contributed by atoms with Gasteiger partial charge in [-0.05, 0) is 13.0 Å².